The first-order chi connectivity index (χ1) is 9.61. The Morgan fingerprint density at radius 3 is 2.48 bits per heavy atom. The quantitative estimate of drug-likeness (QED) is 0.798. The number of halogens is 2. The first kappa shape index (κ1) is 18.1. The number of benzene rings is 1. The van der Waals surface area contributed by atoms with Gasteiger partial charge in [0.2, 0.25) is 0 Å². The van der Waals surface area contributed by atoms with Crippen molar-refractivity contribution in [3.63, 3.8) is 0 Å². The van der Waals surface area contributed by atoms with E-state index in [1.165, 1.54) is 18.2 Å². The Morgan fingerprint density at radius 1 is 1.33 bits per heavy atom. The van der Waals surface area contributed by atoms with Gasteiger partial charge < -0.3 is 10.1 Å². The van der Waals surface area contributed by atoms with Crippen LogP contribution in [-0.4, -0.2) is 27.0 Å². The molecule has 0 aliphatic heterocycles. The van der Waals surface area contributed by atoms with Gasteiger partial charge in [-0.25, -0.2) is 8.42 Å². The molecule has 0 fully saturated rings. The minimum atomic E-state index is -4.01. The van der Waals surface area contributed by atoms with Crippen molar-refractivity contribution >= 4 is 37.2 Å². The highest BCUT2D eigenvalue weighted by Gasteiger charge is 2.19. The van der Waals surface area contributed by atoms with Crippen molar-refractivity contribution in [3.05, 3.63) is 23.2 Å². The van der Waals surface area contributed by atoms with Crippen LogP contribution < -0.4 is 10.1 Å². The van der Waals surface area contributed by atoms with Crippen molar-refractivity contribution in [2.75, 3.05) is 6.61 Å². The number of carbonyl (C=O) groups excluding carboxylic acids is 1. The van der Waals surface area contributed by atoms with Crippen LogP contribution >= 0.6 is 22.3 Å². The average molecular weight is 354 g/mol. The zero-order valence-corrected chi connectivity index (χ0v) is 14.2. The maximum Gasteiger partial charge on any atom is 0.265 e. The monoisotopic (exact) mass is 353 g/mol. The summed E-state index contributed by atoms with van der Waals surface area (Å²) in [5.74, 6) is -0.0749. The second-order valence-corrected chi connectivity index (χ2v) is 7.89. The van der Waals surface area contributed by atoms with Gasteiger partial charge in [0, 0.05) is 21.7 Å². The van der Waals surface area contributed by atoms with Gasteiger partial charge in [-0.3, -0.25) is 4.79 Å². The number of hydrogen-bond acceptors (Lipinski definition) is 4. The van der Waals surface area contributed by atoms with Crippen LogP contribution in [0.5, 0.6) is 5.75 Å². The second kappa shape index (κ2) is 7.33. The van der Waals surface area contributed by atoms with Crippen molar-refractivity contribution in [2.24, 2.45) is 5.92 Å². The molecule has 5 nitrogen and oxygen atoms in total. The van der Waals surface area contributed by atoms with Crippen LogP contribution in [0.15, 0.2) is 23.1 Å². The number of nitrogens with one attached hydrogen (secondary N) is 1. The summed E-state index contributed by atoms with van der Waals surface area (Å²) < 4.78 is 28.1. The van der Waals surface area contributed by atoms with Gasteiger partial charge in [0.1, 0.15) is 10.6 Å². The van der Waals surface area contributed by atoms with Crippen LogP contribution in [0, 0.1) is 5.92 Å². The molecule has 1 aromatic carbocycles. The van der Waals surface area contributed by atoms with Crippen molar-refractivity contribution in [3.8, 4) is 5.75 Å². The molecule has 0 bridgehead atoms. The molecule has 0 aliphatic carbocycles. The fraction of sp³-hybridized carbons (Fsp3) is 0.462. The zero-order valence-electron chi connectivity index (χ0n) is 11.9. The van der Waals surface area contributed by atoms with Crippen LogP contribution in [0.25, 0.3) is 0 Å². The highest BCUT2D eigenvalue weighted by Crippen LogP contribution is 2.29. The van der Waals surface area contributed by atoms with E-state index in [0.29, 0.717) is 0 Å². The molecular weight excluding hydrogens is 337 g/mol. The molecule has 0 aromatic heterocycles. The Balaban J connectivity index is 2.79. The minimum Gasteiger partial charge on any atom is -0.482 e. The molecule has 1 N–H and O–H groups in total. The lowest BCUT2D eigenvalue weighted by molar-refractivity contribution is -0.124. The topological polar surface area (TPSA) is 72.5 Å². The molecule has 0 saturated carbocycles. The lowest BCUT2D eigenvalue weighted by Crippen LogP contribution is -2.39. The number of ether oxygens (including phenoxy) is 1. The van der Waals surface area contributed by atoms with E-state index < -0.39 is 9.05 Å². The van der Waals surface area contributed by atoms with Crippen molar-refractivity contribution in [2.45, 2.75) is 31.7 Å². The SMILES string of the molecule is CC(C)C(C)NC(=O)COc1ccc(Cl)cc1S(=O)(=O)Cl. The Bertz CT molecular complexity index is 617. The van der Waals surface area contributed by atoms with E-state index in [4.69, 9.17) is 27.0 Å². The molecule has 0 aliphatic rings. The van der Waals surface area contributed by atoms with Crippen LogP contribution in [0.1, 0.15) is 20.8 Å². The average Bonchev–Trinajstić information content (AvgIpc) is 2.35. The maximum atomic E-state index is 11.7. The first-order valence-electron chi connectivity index (χ1n) is 6.27. The summed E-state index contributed by atoms with van der Waals surface area (Å²) >= 11 is 5.73. The van der Waals surface area contributed by atoms with Crippen LogP contribution in [0.4, 0.5) is 0 Å². The van der Waals surface area contributed by atoms with E-state index in [1.54, 1.807) is 0 Å². The third-order valence-electron chi connectivity index (χ3n) is 2.92. The Morgan fingerprint density at radius 2 is 1.95 bits per heavy atom. The Kier molecular flexibility index (Phi) is 6.31. The van der Waals surface area contributed by atoms with Crippen LogP contribution in [0.3, 0.4) is 0 Å². The van der Waals surface area contributed by atoms with Crippen molar-refractivity contribution in [1.29, 1.82) is 0 Å². The summed E-state index contributed by atoms with van der Waals surface area (Å²) in [6, 6.07) is 3.98. The normalized spacial score (nSPS) is 13.0. The number of carbonyl (C=O) groups is 1. The Labute approximate surface area is 134 Å². The van der Waals surface area contributed by atoms with E-state index in [0.717, 1.165) is 0 Å². The number of rotatable bonds is 6. The van der Waals surface area contributed by atoms with Crippen molar-refractivity contribution in [1.82, 2.24) is 5.32 Å². The van der Waals surface area contributed by atoms with Crippen molar-refractivity contribution < 1.29 is 17.9 Å². The van der Waals surface area contributed by atoms with Gasteiger partial charge in [-0.05, 0) is 31.0 Å². The maximum absolute atomic E-state index is 11.7. The molecule has 1 unspecified atom stereocenters. The van der Waals surface area contributed by atoms with E-state index in [1.807, 2.05) is 20.8 Å². The minimum absolute atomic E-state index is 0.0115. The molecule has 1 atom stereocenters. The third kappa shape index (κ3) is 5.73. The van der Waals surface area contributed by atoms with Gasteiger partial charge in [0.05, 0.1) is 0 Å². The van der Waals surface area contributed by atoms with Gasteiger partial charge in [0.25, 0.3) is 15.0 Å². The molecule has 1 amide bonds. The predicted molar refractivity (Wildman–Crippen MR) is 82.4 cm³/mol. The molecule has 8 heteroatoms. The molecular formula is C13H17Cl2NO4S. The number of hydrogen-bond donors (Lipinski definition) is 1. The standard InChI is InChI=1S/C13H17Cl2NO4S/c1-8(2)9(3)16-13(17)7-20-11-5-4-10(14)6-12(11)21(15,18)19/h4-6,8-9H,7H2,1-3H3,(H,16,17). The third-order valence-corrected chi connectivity index (χ3v) is 4.49. The molecule has 1 aromatic rings. The summed E-state index contributed by atoms with van der Waals surface area (Å²) in [4.78, 5) is 11.5. The fourth-order valence-corrected chi connectivity index (χ4v) is 2.63. The molecule has 118 valence electrons. The molecule has 1 rings (SSSR count). The van der Waals surface area contributed by atoms with E-state index in [-0.39, 0.29) is 40.1 Å². The van der Waals surface area contributed by atoms with Crippen LogP contribution in [0.2, 0.25) is 5.02 Å². The lowest BCUT2D eigenvalue weighted by Gasteiger charge is -2.17. The highest BCUT2D eigenvalue weighted by molar-refractivity contribution is 8.13. The molecule has 0 saturated heterocycles. The van der Waals surface area contributed by atoms with Gasteiger partial charge in [0.15, 0.2) is 6.61 Å². The summed E-state index contributed by atoms with van der Waals surface area (Å²) in [5.41, 5.74) is 0. The molecule has 0 spiro atoms. The van der Waals surface area contributed by atoms with Gasteiger partial charge in [-0.15, -0.1) is 0 Å². The summed E-state index contributed by atoms with van der Waals surface area (Å²) in [6.45, 7) is 5.52. The van der Waals surface area contributed by atoms with Gasteiger partial charge >= 0.3 is 0 Å². The second-order valence-electron chi connectivity index (χ2n) is 4.92. The molecule has 0 radical (unpaired) electrons. The highest BCUT2D eigenvalue weighted by atomic mass is 35.7. The van der Waals surface area contributed by atoms with E-state index in [2.05, 4.69) is 5.32 Å². The first-order valence-corrected chi connectivity index (χ1v) is 8.96. The zero-order chi connectivity index (χ0) is 16.2. The van der Waals surface area contributed by atoms with Gasteiger partial charge in [-0.2, -0.15) is 0 Å². The molecule has 21 heavy (non-hydrogen) atoms. The fourth-order valence-electron chi connectivity index (χ4n) is 1.40. The summed E-state index contributed by atoms with van der Waals surface area (Å²) in [7, 11) is 1.30. The largest absolute Gasteiger partial charge is 0.482 e. The summed E-state index contributed by atoms with van der Waals surface area (Å²) in [5, 5.41) is 2.95. The van der Waals surface area contributed by atoms with E-state index in [9.17, 15) is 13.2 Å². The molecule has 0 heterocycles. The smallest absolute Gasteiger partial charge is 0.265 e. The van der Waals surface area contributed by atoms with Gasteiger partial charge in [-0.1, -0.05) is 25.4 Å². The Hall–Kier alpha value is -0.980. The van der Waals surface area contributed by atoms with Crippen LogP contribution in [-0.2, 0) is 13.8 Å². The van der Waals surface area contributed by atoms with E-state index >= 15 is 0 Å². The summed E-state index contributed by atoms with van der Waals surface area (Å²) in [6.07, 6.45) is 0. The number of amides is 1. The predicted octanol–water partition coefficient (Wildman–Crippen LogP) is 2.81. The lowest BCUT2D eigenvalue weighted by atomic mass is 10.1.